The number of carbonyl (C=O) groups excluding carboxylic acids is 1. The fourth-order valence-corrected chi connectivity index (χ4v) is 3.47. The van der Waals surface area contributed by atoms with E-state index in [4.69, 9.17) is 0 Å². The standard InChI is InChI=1S/C16H20N8O/c1-10-12(11(2)24-15(21-10)18-9-20-24)4-5-13(25)22-16(6-3-7-16)14-17-8-19-23-14/h8-9H,3-7H2,1-2H3,(H,22,25)(H,17,19,23). The van der Waals surface area contributed by atoms with Gasteiger partial charge in [0.25, 0.3) is 5.78 Å². The van der Waals surface area contributed by atoms with Crippen molar-refractivity contribution < 1.29 is 4.79 Å². The smallest absolute Gasteiger partial charge is 0.252 e. The van der Waals surface area contributed by atoms with Crippen molar-refractivity contribution in [2.24, 2.45) is 0 Å². The largest absolute Gasteiger partial charge is 0.343 e. The van der Waals surface area contributed by atoms with E-state index in [1.165, 1.54) is 12.7 Å². The molecule has 4 rings (SSSR count). The van der Waals surface area contributed by atoms with Crippen molar-refractivity contribution in [1.82, 2.24) is 40.1 Å². The summed E-state index contributed by atoms with van der Waals surface area (Å²) in [6.07, 6.45) is 6.82. The van der Waals surface area contributed by atoms with Gasteiger partial charge >= 0.3 is 0 Å². The molecule has 9 heteroatoms. The number of aromatic nitrogens is 7. The number of H-pyrrole nitrogens is 1. The van der Waals surface area contributed by atoms with Gasteiger partial charge in [-0.05, 0) is 45.1 Å². The second kappa shape index (κ2) is 5.91. The third-order valence-electron chi connectivity index (χ3n) is 5.04. The molecule has 2 N–H and O–H groups in total. The number of aromatic amines is 1. The first-order valence-electron chi connectivity index (χ1n) is 8.42. The third kappa shape index (κ3) is 2.65. The van der Waals surface area contributed by atoms with Crippen LogP contribution in [-0.2, 0) is 16.8 Å². The summed E-state index contributed by atoms with van der Waals surface area (Å²) in [5.74, 6) is 1.33. The molecule has 9 nitrogen and oxygen atoms in total. The predicted octanol–water partition coefficient (Wildman–Crippen LogP) is 0.987. The number of nitrogens with one attached hydrogen (secondary N) is 2. The number of carbonyl (C=O) groups is 1. The minimum Gasteiger partial charge on any atom is -0.343 e. The Morgan fingerprint density at radius 2 is 2.16 bits per heavy atom. The average molecular weight is 340 g/mol. The Balaban J connectivity index is 1.47. The van der Waals surface area contributed by atoms with Crippen LogP contribution in [0.1, 0.15) is 48.5 Å². The first-order chi connectivity index (χ1) is 12.1. The highest BCUT2D eigenvalue weighted by atomic mass is 16.1. The number of fused-ring (bicyclic) bond motifs is 1. The summed E-state index contributed by atoms with van der Waals surface area (Å²) in [5, 5.41) is 14.1. The van der Waals surface area contributed by atoms with Crippen LogP contribution in [-0.4, -0.2) is 40.7 Å². The van der Waals surface area contributed by atoms with Crippen LogP contribution in [0.2, 0.25) is 0 Å². The van der Waals surface area contributed by atoms with E-state index in [9.17, 15) is 4.79 Å². The lowest BCUT2D eigenvalue weighted by Gasteiger charge is -2.40. The maximum atomic E-state index is 12.5. The molecule has 0 saturated heterocycles. The van der Waals surface area contributed by atoms with Gasteiger partial charge in [0.05, 0.1) is 5.54 Å². The quantitative estimate of drug-likeness (QED) is 0.716. The molecule has 0 spiro atoms. The fourth-order valence-electron chi connectivity index (χ4n) is 3.47. The predicted molar refractivity (Wildman–Crippen MR) is 88.6 cm³/mol. The molecule has 1 saturated carbocycles. The van der Waals surface area contributed by atoms with E-state index < -0.39 is 0 Å². The van der Waals surface area contributed by atoms with Gasteiger partial charge in [-0.1, -0.05) is 0 Å². The molecule has 3 aromatic rings. The summed E-state index contributed by atoms with van der Waals surface area (Å²) in [6.45, 7) is 3.92. The molecule has 0 aromatic carbocycles. The molecule has 1 aliphatic carbocycles. The summed E-state index contributed by atoms with van der Waals surface area (Å²) in [5.41, 5.74) is 2.52. The average Bonchev–Trinajstić information content (AvgIpc) is 3.22. The van der Waals surface area contributed by atoms with E-state index in [0.717, 1.165) is 42.0 Å². The second-order valence-corrected chi connectivity index (χ2v) is 6.55. The highest BCUT2D eigenvalue weighted by Crippen LogP contribution is 2.39. The molecule has 0 unspecified atom stereocenters. The van der Waals surface area contributed by atoms with Crippen LogP contribution in [0.25, 0.3) is 5.78 Å². The van der Waals surface area contributed by atoms with Crippen LogP contribution in [0, 0.1) is 13.8 Å². The lowest BCUT2D eigenvalue weighted by atomic mass is 9.76. The summed E-state index contributed by atoms with van der Waals surface area (Å²) >= 11 is 0. The molecule has 25 heavy (non-hydrogen) atoms. The van der Waals surface area contributed by atoms with Crippen molar-refractivity contribution in [3.05, 3.63) is 35.4 Å². The van der Waals surface area contributed by atoms with Gasteiger partial charge in [0.15, 0.2) is 0 Å². The minimum atomic E-state index is -0.383. The third-order valence-corrected chi connectivity index (χ3v) is 5.04. The Morgan fingerprint density at radius 1 is 1.32 bits per heavy atom. The van der Waals surface area contributed by atoms with Crippen molar-refractivity contribution in [1.29, 1.82) is 0 Å². The molecular formula is C16H20N8O. The van der Waals surface area contributed by atoms with Gasteiger partial charge in [0.1, 0.15) is 18.5 Å². The zero-order valence-electron chi connectivity index (χ0n) is 14.3. The van der Waals surface area contributed by atoms with E-state index in [-0.39, 0.29) is 11.4 Å². The summed E-state index contributed by atoms with van der Waals surface area (Å²) in [6, 6.07) is 0. The van der Waals surface area contributed by atoms with E-state index in [1.54, 1.807) is 4.52 Å². The number of aryl methyl sites for hydroxylation is 2. The Labute approximate surface area is 144 Å². The normalized spacial score (nSPS) is 15.9. The highest BCUT2D eigenvalue weighted by Gasteiger charge is 2.42. The van der Waals surface area contributed by atoms with Crippen molar-refractivity contribution in [3.63, 3.8) is 0 Å². The van der Waals surface area contributed by atoms with Crippen LogP contribution in [0.3, 0.4) is 0 Å². The van der Waals surface area contributed by atoms with E-state index in [1.807, 2.05) is 13.8 Å². The number of nitrogens with zero attached hydrogens (tertiary/aromatic N) is 6. The Morgan fingerprint density at radius 3 is 2.84 bits per heavy atom. The number of hydrogen-bond donors (Lipinski definition) is 2. The zero-order chi connectivity index (χ0) is 17.4. The topological polar surface area (TPSA) is 114 Å². The number of amides is 1. The van der Waals surface area contributed by atoms with Gasteiger partial charge < -0.3 is 5.32 Å². The van der Waals surface area contributed by atoms with Crippen LogP contribution in [0.5, 0.6) is 0 Å². The van der Waals surface area contributed by atoms with Crippen LogP contribution < -0.4 is 5.32 Å². The SMILES string of the molecule is Cc1nc2ncnn2c(C)c1CCC(=O)NC1(c2ncn[nH]2)CCC1. The van der Waals surface area contributed by atoms with E-state index in [2.05, 4.69) is 35.6 Å². The van der Waals surface area contributed by atoms with Crippen molar-refractivity contribution in [3.8, 4) is 0 Å². The molecule has 0 aliphatic heterocycles. The zero-order valence-corrected chi connectivity index (χ0v) is 14.3. The maximum Gasteiger partial charge on any atom is 0.252 e. The van der Waals surface area contributed by atoms with Gasteiger partial charge in [-0.2, -0.15) is 15.2 Å². The minimum absolute atomic E-state index is 0.00795. The van der Waals surface area contributed by atoms with Crippen LogP contribution >= 0.6 is 0 Å². The van der Waals surface area contributed by atoms with Crippen molar-refractivity contribution in [2.45, 2.75) is 51.5 Å². The first-order valence-corrected chi connectivity index (χ1v) is 8.42. The van der Waals surface area contributed by atoms with Gasteiger partial charge in [0.2, 0.25) is 5.91 Å². The molecular weight excluding hydrogens is 320 g/mol. The number of hydrogen-bond acceptors (Lipinski definition) is 6. The highest BCUT2D eigenvalue weighted by molar-refractivity contribution is 5.77. The van der Waals surface area contributed by atoms with Crippen LogP contribution in [0.15, 0.2) is 12.7 Å². The fraction of sp³-hybridized carbons (Fsp3) is 0.500. The molecule has 3 heterocycles. The van der Waals surface area contributed by atoms with Crippen LogP contribution in [0.4, 0.5) is 0 Å². The molecule has 0 atom stereocenters. The molecule has 3 aromatic heterocycles. The second-order valence-electron chi connectivity index (χ2n) is 6.55. The molecule has 0 bridgehead atoms. The number of rotatable bonds is 5. The molecule has 1 amide bonds. The lowest BCUT2D eigenvalue weighted by Crippen LogP contribution is -2.51. The van der Waals surface area contributed by atoms with Gasteiger partial charge in [-0.3, -0.25) is 9.89 Å². The van der Waals surface area contributed by atoms with Gasteiger partial charge in [0, 0.05) is 17.8 Å². The Bertz CT molecular complexity index is 910. The van der Waals surface area contributed by atoms with Gasteiger partial charge in [-0.15, -0.1) is 0 Å². The monoisotopic (exact) mass is 340 g/mol. The molecule has 1 fully saturated rings. The maximum absolute atomic E-state index is 12.5. The molecule has 1 aliphatic rings. The molecule has 0 radical (unpaired) electrons. The van der Waals surface area contributed by atoms with Gasteiger partial charge in [-0.25, -0.2) is 14.5 Å². The van der Waals surface area contributed by atoms with E-state index in [0.29, 0.717) is 18.6 Å². The lowest BCUT2D eigenvalue weighted by molar-refractivity contribution is -0.124. The van der Waals surface area contributed by atoms with E-state index >= 15 is 0 Å². The summed E-state index contributed by atoms with van der Waals surface area (Å²) in [7, 11) is 0. The Kier molecular flexibility index (Phi) is 3.70. The first kappa shape index (κ1) is 15.7. The Hall–Kier alpha value is -2.84. The summed E-state index contributed by atoms with van der Waals surface area (Å²) < 4.78 is 1.71. The summed E-state index contributed by atoms with van der Waals surface area (Å²) in [4.78, 5) is 25.3. The van der Waals surface area contributed by atoms with Crippen molar-refractivity contribution >= 4 is 11.7 Å². The molecule has 130 valence electrons. The van der Waals surface area contributed by atoms with Crippen molar-refractivity contribution in [2.75, 3.05) is 0 Å².